The standard InChI is InChI=1S/C21H22N2O4/c1-14-11-16(21(26)27)13-23(12-14)20(25)17-9-5-6-10-18(17)22-19(24)15-7-3-2-4-8-15/h2-10,14,16H,11-13H2,1H3,(H,22,24)(H,26,27). The van der Waals surface area contributed by atoms with Crippen LogP contribution in [-0.2, 0) is 4.79 Å². The summed E-state index contributed by atoms with van der Waals surface area (Å²) >= 11 is 0. The first kappa shape index (κ1) is 18.6. The quantitative estimate of drug-likeness (QED) is 0.870. The van der Waals surface area contributed by atoms with E-state index in [1.165, 1.54) is 0 Å². The molecular weight excluding hydrogens is 344 g/mol. The van der Waals surface area contributed by atoms with Gasteiger partial charge in [-0.1, -0.05) is 37.3 Å². The molecule has 2 aromatic rings. The van der Waals surface area contributed by atoms with E-state index in [9.17, 15) is 19.5 Å². The van der Waals surface area contributed by atoms with Crippen LogP contribution in [0.2, 0.25) is 0 Å². The lowest BCUT2D eigenvalue weighted by Gasteiger charge is -2.35. The van der Waals surface area contributed by atoms with E-state index >= 15 is 0 Å². The largest absolute Gasteiger partial charge is 0.481 e. The Morgan fingerprint density at radius 1 is 1.00 bits per heavy atom. The first-order valence-electron chi connectivity index (χ1n) is 8.93. The van der Waals surface area contributed by atoms with Crippen molar-refractivity contribution in [2.24, 2.45) is 11.8 Å². The van der Waals surface area contributed by atoms with Crippen LogP contribution in [0.3, 0.4) is 0 Å². The number of piperidine rings is 1. The second kappa shape index (κ2) is 8.03. The Morgan fingerprint density at radius 3 is 2.37 bits per heavy atom. The molecule has 27 heavy (non-hydrogen) atoms. The Morgan fingerprint density at radius 2 is 1.67 bits per heavy atom. The Hall–Kier alpha value is -3.15. The van der Waals surface area contributed by atoms with Crippen LogP contribution in [0, 0.1) is 11.8 Å². The number of nitrogens with zero attached hydrogens (tertiary/aromatic N) is 1. The summed E-state index contributed by atoms with van der Waals surface area (Å²) in [5, 5.41) is 12.1. The molecule has 2 atom stereocenters. The van der Waals surface area contributed by atoms with Crippen molar-refractivity contribution in [1.29, 1.82) is 0 Å². The highest BCUT2D eigenvalue weighted by Gasteiger charge is 2.33. The lowest BCUT2D eigenvalue weighted by molar-refractivity contribution is -0.143. The van der Waals surface area contributed by atoms with Gasteiger partial charge in [-0.2, -0.15) is 0 Å². The number of carbonyl (C=O) groups is 3. The zero-order chi connectivity index (χ0) is 19.4. The zero-order valence-corrected chi connectivity index (χ0v) is 15.1. The molecule has 0 radical (unpaired) electrons. The smallest absolute Gasteiger partial charge is 0.308 e. The third-order valence-electron chi connectivity index (χ3n) is 4.74. The number of hydrogen-bond acceptors (Lipinski definition) is 3. The highest BCUT2D eigenvalue weighted by molar-refractivity contribution is 6.09. The molecule has 1 fully saturated rings. The number of anilines is 1. The van der Waals surface area contributed by atoms with Crippen LogP contribution >= 0.6 is 0 Å². The van der Waals surface area contributed by atoms with Crippen LogP contribution in [0.1, 0.15) is 34.1 Å². The van der Waals surface area contributed by atoms with Crippen LogP contribution < -0.4 is 5.32 Å². The molecule has 6 nitrogen and oxygen atoms in total. The number of carbonyl (C=O) groups excluding carboxylic acids is 2. The van der Waals surface area contributed by atoms with Gasteiger partial charge in [0.25, 0.3) is 11.8 Å². The van der Waals surface area contributed by atoms with Gasteiger partial charge in [0.2, 0.25) is 0 Å². The number of carboxylic acid groups (broad SMARTS) is 1. The molecule has 2 unspecified atom stereocenters. The molecule has 2 amide bonds. The fourth-order valence-corrected chi connectivity index (χ4v) is 3.43. The average Bonchev–Trinajstić information content (AvgIpc) is 2.68. The van der Waals surface area contributed by atoms with Gasteiger partial charge >= 0.3 is 5.97 Å². The highest BCUT2D eigenvalue weighted by atomic mass is 16.4. The minimum atomic E-state index is -0.884. The molecule has 0 saturated carbocycles. The van der Waals surface area contributed by atoms with E-state index in [-0.39, 0.29) is 24.3 Å². The van der Waals surface area contributed by atoms with Gasteiger partial charge in [-0.3, -0.25) is 14.4 Å². The first-order valence-corrected chi connectivity index (χ1v) is 8.93. The van der Waals surface area contributed by atoms with Crippen molar-refractivity contribution in [3.63, 3.8) is 0 Å². The summed E-state index contributed by atoms with van der Waals surface area (Å²) in [4.78, 5) is 38.4. The molecule has 0 spiro atoms. The molecule has 0 aliphatic carbocycles. The van der Waals surface area contributed by atoms with Crippen molar-refractivity contribution >= 4 is 23.5 Å². The van der Waals surface area contributed by atoms with E-state index < -0.39 is 11.9 Å². The summed E-state index contributed by atoms with van der Waals surface area (Å²) in [6.07, 6.45) is 0.561. The predicted octanol–water partition coefficient (Wildman–Crippen LogP) is 3.12. The number of aliphatic carboxylic acids is 1. The van der Waals surface area contributed by atoms with E-state index in [4.69, 9.17) is 0 Å². The number of benzene rings is 2. The Kier molecular flexibility index (Phi) is 5.54. The molecule has 3 rings (SSSR count). The second-order valence-electron chi connectivity index (χ2n) is 6.95. The molecule has 1 aliphatic heterocycles. The number of rotatable bonds is 4. The maximum atomic E-state index is 13.0. The summed E-state index contributed by atoms with van der Waals surface area (Å²) in [6, 6.07) is 15.6. The van der Waals surface area contributed by atoms with Gasteiger partial charge in [-0.05, 0) is 36.6 Å². The monoisotopic (exact) mass is 366 g/mol. The molecule has 140 valence electrons. The second-order valence-corrected chi connectivity index (χ2v) is 6.95. The number of hydrogen-bond donors (Lipinski definition) is 2. The molecule has 0 bridgehead atoms. The van der Waals surface area contributed by atoms with Crippen LogP contribution in [0.15, 0.2) is 54.6 Å². The van der Waals surface area contributed by atoms with Crippen molar-refractivity contribution in [2.75, 3.05) is 18.4 Å². The summed E-state index contributed by atoms with van der Waals surface area (Å²) in [7, 11) is 0. The summed E-state index contributed by atoms with van der Waals surface area (Å²) in [5.41, 5.74) is 1.28. The summed E-state index contributed by atoms with van der Waals surface area (Å²) in [6.45, 7) is 2.63. The van der Waals surface area contributed by atoms with E-state index in [0.717, 1.165) is 0 Å². The molecule has 1 heterocycles. The maximum Gasteiger partial charge on any atom is 0.308 e. The lowest BCUT2D eigenvalue weighted by Crippen LogP contribution is -2.45. The van der Waals surface area contributed by atoms with Crippen molar-refractivity contribution < 1.29 is 19.5 Å². The highest BCUT2D eigenvalue weighted by Crippen LogP contribution is 2.25. The van der Waals surface area contributed by atoms with Gasteiger partial charge in [0, 0.05) is 18.7 Å². The molecule has 1 saturated heterocycles. The van der Waals surface area contributed by atoms with Gasteiger partial charge in [0.1, 0.15) is 0 Å². The molecule has 6 heteroatoms. The Labute approximate surface area is 157 Å². The number of para-hydroxylation sites is 1. The minimum Gasteiger partial charge on any atom is -0.481 e. The SMILES string of the molecule is CC1CC(C(=O)O)CN(C(=O)c2ccccc2NC(=O)c2ccccc2)C1. The minimum absolute atomic E-state index is 0.106. The number of nitrogens with one attached hydrogen (secondary N) is 1. The molecule has 0 aromatic heterocycles. The first-order chi connectivity index (χ1) is 13.0. The van der Waals surface area contributed by atoms with Crippen molar-refractivity contribution in [3.8, 4) is 0 Å². The molecule has 2 aromatic carbocycles. The summed E-state index contributed by atoms with van der Waals surface area (Å²) in [5.74, 6) is -1.91. The van der Waals surface area contributed by atoms with Gasteiger partial charge in [-0.15, -0.1) is 0 Å². The van der Waals surface area contributed by atoms with E-state index in [1.807, 2.05) is 13.0 Å². The molecular formula is C21H22N2O4. The number of carboxylic acids is 1. The van der Waals surface area contributed by atoms with Crippen LogP contribution in [-0.4, -0.2) is 40.9 Å². The van der Waals surface area contributed by atoms with Gasteiger partial charge < -0.3 is 15.3 Å². The fraction of sp³-hybridized carbons (Fsp3) is 0.286. The van der Waals surface area contributed by atoms with Crippen LogP contribution in [0.5, 0.6) is 0 Å². The average molecular weight is 366 g/mol. The van der Waals surface area contributed by atoms with Gasteiger partial charge in [-0.25, -0.2) is 0 Å². The molecule has 2 N–H and O–H groups in total. The van der Waals surface area contributed by atoms with Crippen molar-refractivity contribution in [2.45, 2.75) is 13.3 Å². The van der Waals surface area contributed by atoms with Crippen molar-refractivity contribution in [3.05, 3.63) is 65.7 Å². The van der Waals surface area contributed by atoms with Crippen molar-refractivity contribution in [1.82, 2.24) is 4.90 Å². The zero-order valence-electron chi connectivity index (χ0n) is 15.1. The Bertz CT molecular complexity index is 850. The fourth-order valence-electron chi connectivity index (χ4n) is 3.43. The Balaban J connectivity index is 1.81. The summed E-state index contributed by atoms with van der Waals surface area (Å²) < 4.78 is 0. The van der Waals surface area contributed by atoms with Gasteiger partial charge in [0.05, 0.1) is 17.2 Å². The lowest BCUT2D eigenvalue weighted by atomic mass is 9.90. The topological polar surface area (TPSA) is 86.7 Å². The maximum absolute atomic E-state index is 13.0. The molecule has 1 aliphatic rings. The van der Waals surface area contributed by atoms with E-state index in [0.29, 0.717) is 29.8 Å². The number of amides is 2. The normalized spacial score (nSPS) is 19.4. The predicted molar refractivity (Wildman–Crippen MR) is 102 cm³/mol. The van der Waals surface area contributed by atoms with Crippen LogP contribution in [0.25, 0.3) is 0 Å². The van der Waals surface area contributed by atoms with Gasteiger partial charge in [0.15, 0.2) is 0 Å². The number of likely N-dealkylation sites (tertiary alicyclic amines) is 1. The van der Waals surface area contributed by atoms with Crippen LogP contribution in [0.4, 0.5) is 5.69 Å². The van der Waals surface area contributed by atoms with E-state index in [1.54, 1.807) is 53.4 Å². The third-order valence-corrected chi connectivity index (χ3v) is 4.74. The van der Waals surface area contributed by atoms with E-state index in [2.05, 4.69) is 5.32 Å². The third kappa shape index (κ3) is 4.34.